The molecule has 0 spiro atoms. The standard InChI is InChI=1S/C11H13FN4O4/c1-19-10-7-9(13-3-14-10)16(4-15-7)11-6(12)8(18)5(2-17)20-11/h3-6,8,11,17-18H,2H2,1H3/t5-,6?,8+,11-/m1/s1. The average Bonchev–Trinajstić information content (AvgIpc) is 3.01. The number of fused-ring (bicyclic) bond motifs is 1. The number of alkyl halides is 1. The number of imidazole rings is 1. The third kappa shape index (κ3) is 1.82. The van der Waals surface area contributed by atoms with E-state index in [2.05, 4.69) is 15.0 Å². The van der Waals surface area contributed by atoms with Gasteiger partial charge in [-0.05, 0) is 0 Å². The van der Waals surface area contributed by atoms with Crippen molar-refractivity contribution >= 4 is 11.2 Å². The molecule has 0 amide bonds. The smallest absolute Gasteiger partial charge is 0.245 e. The fourth-order valence-corrected chi connectivity index (χ4v) is 2.24. The lowest BCUT2D eigenvalue weighted by molar-refractivity contribution is -0.0459. The molecule has 3 heterocycles. The van der Waals surface area contributed by atoms with Crippen LogP contribution >= 0.6 is 0 Å². The van der Waals surface area contributed by atoms with Crippen molar-refractivity contribution in [3.8, 4) is 5.88 Å². The van der Waals surface area contributed by atoms with E-state index in [1.165, 1.54) is 24.3 Å². The summed E-state index contributed by atoms with van der Waals surface area (Å²) >= 11 is 0. The van der Waals surface area contributed by atoms with E-state index in [1.807, 2.05) is 0 Å². The predicted octanol–water partition coefficient (Wildman–Crippen LogP) is -0.576. The summed E-state index contributed by atoms with van der Waals surface area (Å²) in [6, 6.07) is 0. The van der Waals surface area contributed by atoms with Crippen molar-refractivity contribution in [2.45, 2.75) is 24.6 Å². The van der Waals surface area contributed by atoms with Gasteiger partial charge in [0.25, 0.3) is 0 Å². The molecule has 1 saturated heterocycles. The monoisotopic (exact) mass is 284 g/mol. The lowest BCUT2D eigenvalue weighted by atomic mass is 10.1. The van der Waals surface area contributed by atoms with E-state index in [0.29, 0.717) is 11.2 Å². The normalized spacial score (nSPS) is 30.0. The maximum atomic E-state index is 14.1. The number of hydrogen-bond acceptors (Lipinski definition) is 7. The number of nitrogens with zero attached hydrogens (tertiary/aromatic N) is 4. The highest BCUT2D eigenvalue weighted by atomic mass is 19.1. The van der Waals surface area contributed by atoms with E-state index < -0.39 is 31.2 Å². The highest BCUT2D eigenvalue weighted by Gasteiger charge is 2.45. The summed E-state index contributed by atoms with van der Waals surface area (Å²) in [5.41, 5.74) is 0.697. The number of methoxy groups -OCH3 is 1. The van der Waals surface area contributed by atoms with Crippen LogP contribution in [-0.4, -0.2) is 61.8 Å². The first-order valence-corrected chi connectivity index (χ1v) is 5.97. The van der Waals surface area contributed by atoms with Gasteiger partial charge in [0.15, 0.2) is 23.6 Å². The van der Waals surface area contributed by atoms with E-state index in [-0.39, 0.29) is 5.88 Å². The molecule has 1 aliphatic rings. The van der Waals surface area contributed by atoms with Crippen LogP contribution in [0.4, 0.5) is 4.39 Å². The maximum Gasteiger partial charge on any atom is 0.245 e. The van der Waals surface area contributed by atoms with Gasteiger partial charge in [-0.2, -0.15) is 4.98 Å². The molecule has 0 saturated carbocycles. The Balaban J connectivity index is 2.03. The molecule has 1 unspecified atom stereocenters. The van der Waals surface area contributed by atoms with Gasteiger partial charge in [-0.15, -0.1) is 0 Å². The number of aliphatic hydroxyl groups excluding tert-OH is 2. The highest BCUT2D eigenvalue weighted by Crippen LogP contribution is 2.34. The predicted molar refractivity (Wildman–Crippen MR) is 63.8 cm³/mol. The molecule has 20 heavy (non-hydrogen) atoms. The fraction of sp³-hybridized carbons (Fsp3) is 0.545. The van der Waals surface area contributed by atoms with Crippen LogP contribution in [0.1, 0.15) is 6.23 Å². The van der Waals surface area contributed by atoms with Crippen molar-refractivity contribution in [2.24, 2.45) is 0 Å². The minimum atomic E-state index is -1.69. The third-order valence-electron chi connectivity index (χ3n) is 3.27. The van der Waals surface area contributed by atoms with Crippen LogP contribution in [-0.2, 0) is 4.74 Å². The zero-order valence-corrected chi connectivity index (χ0v) is 10.5. The number of ether oxygens (including phenoxy) is 2. The number of halogens is 1. The Hall–Kier alpha value is -1.84. The van der Waals surface area contributed by atoms with Gasteiger partial charge in [0.05, 0.1) is 20.0 Å². The molecule has 2 N–H and O–H groups in total. The van der Waals surface area contributed by atoms with Crippen molar-refractivity contribution in [3.63, 3.8) is 0 Å². The van der Waals surface area contributed by atoms with Crippen molar-refractivity contribution in [1.29, 1.82) is 0 Å². The Morgan fingerprint density at radius 1 is 1.45 bits per heavy atom. The van der Waals surface area contributed by atoms with Gasteiger partial charge in [-0.1, -0.05) is 0 Å². The lowest BCUT2D eigenvalue weighted by Crippen LogP contribution is -2.30. The van der Waals surface area contributed by atoms with Crippen LogP contribution in [0.15, 0.2) is 12.7 Å². The molecule has 4 atom stereocenters. The molecule has 0 aromatic carbocycles. The Morgan fingerprint density at radius 2 is 2.25 bits per heavy atom. The highest BCUT2D eigenvalue weighted by molar-refractivity contribution is 5.76. The number of hydrogen-bond donors (Lipinski definition) is 2. The first-order valence-electron chi connectivity index (χ1n) is 5.97. The third-order valence-corrected chi connectivity index (χ3v) is 3.27. The van der Waals surface area contributed by atoms with Crippen LogP contribution in [0.25, 0.3) is 11.2 Å². The van der Waals surface area contributed by atoms with Gasteiger partial charge in [-0.3, -0.25) is 4.57 Å². The number of rotatable bonds is 3. The van der Waals surface area contributed by atoms with Gasteiger partial charge in [0, 0.05) is 0 Å². The topological polar surface area (TPSA) is 103 Å². The molecular weight excluding hydrogens is 271 g/mol. The molecule has 1 fully saturated rings. The van der Waals surface area contributed by atoms with E-state index in [0.717, 1.165) is 0 Å². The van der Waals surface area contributed by atoms with Gasteiger partial charge in [-0.25, -0.2) is 14.4 Å². The molecule has 1 aliphatic heterocycles. The second-order valence-corrected chi connectivity index (χ2v) is 4.39. The summed E-state index contributed by atoms with van der Waals surface area (Å²) in [5, 5.41) is 18.7. The molecule has 9 heteroatoms. The largest absolute Gasteiger partial charge is 0.479 e. The second-order valence-electron chi connectivity index (χ2n) is 4.39. The van der Waals surface area contributed by atoms with E-state index in [4.69, 9.17) is 14.6 Å². The minimum absolute atomic E-state index is 0.265. The molecule has 0 radical (unpaired) electrons. The number of aromatic nitrogens is 4. The minimum Gasteiger partial charge on any atom is -0.479 e. The molecule has 0 aliphatic carbocycles. The zero-order valence-electron chi connectivity index (χ0n) is 10.5. The first kappa shape index (κ1) is 13.2. The molecule has 108 valence electrons. The van der Waals surface area contributed by atoms with Gasteiger partial charge >= 0.3 is 0 Å². The summed E-state index contributed by atoms with van der Waals surface area (Å²) < 4.78 is 25.8. The molecule has 0 bridgehead atoms. The number of aliphatic hydroxyl groups is 2. The molecule has 2 aromatic rings. The van der Waals surface area contributed by atoms with Crippen LogP contribution < -0.4 is 4.74 Å². The Kier molecular flexibility index (Phi) is 3.24. The van der Waals surface area contributed by atoms with Crippen LogP contribution in [0.5, 0.6) is 5.88 Å². The van der Waals surface area contributed by atoms with Crippen LogP contribution in [0, 0.1) is 0 Å². The first-order chi connectivity index (χ1) is 9.67. The van der Waals surface area contributed by atoms with Crippen molar-refractivity contribution in [1.82, 2.24) is 19.5 Å². The van der Waals surface area contributed by atoms with Gasteiger partial charge < -0.3 is 19.7 Å². The van der Waals surface area contributed by atoms with Gasteiger partial charge in [0.2, 0.25) is 5.88 Å². The summed E-state index contributed by atoms with van der Waals surface area (Å²) in [7, 11) is 1.44. The summed E-state index contributed by atoms with van der Waals surface area (Å²) in [6.07, 6.45) is -2.56. The molecular formula is C11H13FN4O4. The Bertz CT molecular complexity index is 621. The lowest BCUT2D eigenvalue weighted by Gasteiger charge is -2.14. The fourth-order valence-electron chi connectivity index (χ4n) is 2.24. The van der Waals surface area contributed by atoms with Crippen LogP contribution in [0.3, 0.4) is 0 Å². The summed E-state index contributed by atoms with van der Waals surface area (Å²) in [4.78, 5) is 12.0. The van der Waals surface area contributed by atoms with Crippen molar-refractivity contribution in [2.75, 3.05) is 13.7 Å². The van der Waals surface area contributed by atoms with Crippen molar-refractivity contribution in [3.05, 3.63) is 12.7 Å². The summed E-state index contributed by atoms with van der Waals surface area (Å²) in [5.74, 6) is 0.265. The summed E-state index contributed by atoms with van der Waals surface area (Å²) in [6.45, 7) is -0.469. The molecule has 8 nitrogen and oxygen atoms in total. The quantitative estimate of drug-likeness (QED) is 0.777. The zero-order chi connectivity index (χ0) is 14.3. The van der Waals surface area contributed by atoms with E-state index in [1.54, 1.807) is 0 Å². The average molecular weight is 284 g/mol. The SMILES string of the molecule is COc1ncnc2c1ncn2[C@@H]1O[C@H](CO)[C@H](O)C1F. The van der Waals surface area contributed by atoms with Gasteiger partial charge in [0.1, 0.15) is 18.5 Å². The Labute approximate surface area is 112 Å². The van der Waals surface area contributed by atoms with E-state index in [9.17, 15) is 9.50 Å². The second kappa shape index (κ2) is 4.93. The Morgan fingerprint density at radius 3 is 2.90 bits per heavy atom. The maximum absolute atomic E-state index is 14.1. The molecule has 3 rings (SSSR count). The van der Waals surface area contributed by atoms with Crippen LogP contribution in [0.2, 0.25) is 0 Å². The molecule has 2 aromatic heterocycles. The van der Waals surface area contributed by atoms with Crippen molar-refractivity contribution < 1.29 is 24.1 Å². The van der Waals surface area contributed by atoms with E-state index >= 15 is 0 Å².